The Labute approximate surface area is 107 Å². The number of nitrogens with two attached hydrogens (primary N) is 1. The third-order valence-electron chi connectivity index (χ3n) is 3.30. The zero-order valence-corrected chi connectivity index (χ0v) is 10.9. The zero-order valence-electron chi connectivity index (χ0n) is 10.1. The summed E-state index contributed by atoms with van der Waals surface area (Å²) in [6.45, 7) is 2.20. The number of amides is 1. The molecule has 0 bridgehead atoms. The third-order valence-corrected chi connectivity index (χ3v) is 3.69. The SMILES string of the molecule is CC1CC(C(=O)N(CCO)CCO)(C(N)=S)C1. The Kier molecular flexibility index (Phi) is 4.85. The van der Waals surface area contributed by atoms with Crippen molar-refractivity contribution in [3.8, 4) is 0 Å². The lowest BCUT2D eigenvalue weighted by atomic mass is 9.61. The van der Waals surface area contributed by atoms with Crippen molar-refractivity contribution in [2.24, 2.45) is 17.1 Å². The molecule has 0 saturated heterocycles. The predicted octanol–water partition coefficient (Wildman–Crippen LogP) is -0.498. The summed E-state index contributed by atoms with van der Waals surface area (Å²) in [6.07, 6.45) is 1.32. The Hall–Kier alpha value is -0.720. The van der Waals surface area contributed by atoms with Gasteiger partial charge in [0.05, 0.1) is 23.6 Å². The van der Waals surface area contributed by atoms with Crippen LogP contribution in [-0.2, 0) is 4.79 Å². The molecule has 1 amide bonds. The average Bonchev–Trinajstić information content (AvgIpc) is 2.23. The first-order chi connectivity index (χ1) is 7.97. The van der Waals surface area contributed by atoms with Crippen LogP contribution < -0.4 is 5.73 Å². The van der Waals surface area contributed by atoms with Gasteiger partial charge in [-0.3, -0.25) is 4.79 Å². The fourth-order valence-corrected chi connectivity index (χ4v) is 2.72. The van der Waals surface area contributed by atoms with E-state index >= 15 is 0 Å². The van der Waals surface area contributed by atoms with Crippen molar-refractivity contribution in [3.63, 3.8) is 0 Å². The molecular weight excluding hydrogens is 240 g/mol. The van der Waals surface area contributed by atoms with Crippen LogP contribution in [0.3, 0.4) is 0 Å². The number of thiocarbonyl (C=S) groups is 1. The van der Waals surface area contributed by atoms with Crippen LogP contribution in [0.4, 0.5) is 0 Å². The van der Waals surface area contributed by atoms with Gasteiger partial charge in [-0.2, -0.15) is 0 Å². The Morgan fingerprint density at radius 3 is 2.18 bits per heavy atom. The monoisotopic (exact) mass is 260 g/mol. The summed E-state index contributed by atoms with van der Waals surface area (Å²) >= 11 is 5.00. The highest BCUT2D eigenvalue weighted by molar-refractivity contribution is 7.80. The maximum Gasteiger partial charge on any atom is 0.235 e. The quantitative estimate of drug-likeness (QED) is 0.561. The number of hydrogen-bond acceptors (Lipinski definition) is 4. The molecule has 6 heteroatoms. The van der Waals surface area contributed by atoms with Gasteiger partial charge in [-0.05, 0) is 18.8 Å². The molecule has 4 N–H and O–H groups in total. The molecule has 1 rings (SSSR count). The first-order valence-corrected chi connectivity index (χ1v) is 6.19. The Bertz CT molecular complexity index is 297. The highest BCUT2D eigenvalue weighted by atomic mass is 32.1. The van der Waals surface area contributed by atoms with Gasteiger partial charge >= 0.3 is 0 Å². The van der Waals surface area contributed by atoms with Gasteiger partial charge in [0, 0.05) is 13.1 Å². The van der Waals surface area contributed by atoms with Crippen LogP contribution in [0.25, 0.3) is 0 Å². The number of aliphatic hydroxyl groups excluding tert-OH is 2. The first kappa shape index (κ1) is 14.3. The highest BCUT2D eigenvalue weighted by Crippen LogP contribution is 2.47. The Morgan fingerprint density at radius 2 is 1.88 bits per heavy atom. The molecule has 98 valence electrons. The van der Waals surface area contributed by atoms with Crippen molar-refractivity contribution in [3.05, 3.63) is 0 Å². The Balaban J connectivity index is 2.80. The summed E-state index contributed by atoms with van der Waals surface area (Å²) in [6, 6.07) is 0. The van der Waals surface area contributed by atoms with Crippen molar-refractivity contribution in [1.82, 2.24) is 4.90 Å². The lowest BCUT2D eigenvalue weighted by Gasteiger charge is -2.46. The molecule has 0 unspecified atom stereocenters. The number of nitrogens with zero attached hydrogens (tertiary/aromatic N) is 1. The molecule has 0 heterocycles. The second-order valence-electron chi connectivity index (χ2n) is 4.70. The van der Waals surface area contributed by atoms with Gasteiger partial charge in [0.15, 0.2) is 0 Å². The summed E-state index contributed by atoms with van der Waals surface area (Å²) in [4.78, 5) is 14.0. The van der Waals surface area contributed by atoms with E-state index < -0.39 is 5.41 Å². The van der Waals surface area contributed by atoms with Gasteiger partial charge in [-0.1, -0.05) is 19.1 Å². The zero-order chi connectivity index (χ0) is 13.1. The van der Waals surface area contributed by atoms with Gasteiger partial charge in [0.2, 0.25) is 5.91 Å². The van der Waals surface area contributed by atoms with E-state index in [2.05, 4.69) is 0 Å². The van der Waals surface area contributed by atoms with E-state index in [1.54, 1.807) is 0 Å². The van der Waals surface area contributed by atoms with Crippen molar-refractivity contribution < 1.29 is 15.0 Å². The van der Waals surface area contributed by atoms with E-state index in [0.29, 0.717) is 18.8 Å². The van der Waals surface area contributed by atoms with E-state index in [9.17, 15) is 4.79 Å². The molecule has 0 radical (unpaired) electrons. The number of rotatable bonds is 6. The van der Waals surface area contributed by atoms with Gasteiger partial charge in [-0.25, -0.2) is 0 Å². The molecule has 1 fully saturated rings. The van der Waals surface area contributed by atoms with E-state index in [0.717, 1.165) is 0 Å². The van der Waals surface area contributed by atoms with Crippen LogP contribution in [0.5, 0.6) is 0 Å². The minimum atomic E-state index is -0.751. The minimum Gasteiger partial charge on any atom is -0.395 e. The van der Waals surface area contributed by atoms with Crippen molar-refractivity contribution in [1.29, 1.82) is 0 Å². The van der Waals surface area contributed by atoms with Crippen LogP contribution in [0.1, 0.15) is 19.8 Å². The second kappa shape index (κ2) is 5.75. The fourth-order valence-electron chi connectivity index (χ4n) is 2.47. The molecule has 17 heavy (non-hydrogen) atoms. The summed E-state index contributed by atoms with van der Waals surface area (Å²) in [5, 5.41) is 17.8. The van der Waals surface area contributed by atoms with Crippen LogP contribution in [0.15, 0.2) is 0 Å². The van der Waals surface area contributed by atoms with Crippen LogP contribution >= 0.6 is 12.2 Å². The molecule has 0 aromatic carbocycles. The topological polar surface area (TPSA) is 86.8 Å². The van der Waals surface area contributed by atoms with Crippen LogP contribution in [-0.4, -0.2) is 52.3 Å². The lowest BCUT2D eigenvalue weighted by Crippen LogP contribution is -2.57. The maximum atomic E-state index is 12.4. The summed E-state index contributed by atoms with van der Waals surface area (Å²) in [7, 11) is 0. The summed E-state index contributed by atoms with van der Waals surface area (Å²) < 4.78 is 0. The number of carbonyl (C=O) groups is 1. The van der Waals surface area contributed by atoms with E-state index in [4.69, 9.17) is 28.2 Å². The van der Waals surface area contributed by atoms with Gasteiger partial charge < -0.3 is 20.8 Å². The molecule has 0 aromatic rings. The van der Waals surface area contributed by atoms with E-state index in [1.807, 2.05) is 6.92 Å². The number of aliphatic hydroxyl groups is 2. The van der Waals surface area contributed by atoms with Crippen LogP contribution in [0.2, 0.25) is 0 Å². The summed E-state index contributed by atoms with van der Waals surface area (Å²) in [5.41, 5.74) is 4.93. The smallest absolute Gasteiger partial charge is 0.235 e. The summed E-state index contributed by atoms with van der Waals surface area (Å²) in [5.74, 6) is 0.275. The molecule has 0 spiro atoms. The first-order valence-electron chi connectivity index (χ1n) is 5.79. The van der Waals surface area contributed by atoms with Gasteiger partial charge in [0.25, 0.3) is 0 Å². The lowest BCUT2D eigenvalue weighted by molar-refractivity contribution is -0.145. The number of hydrogen-bond donors (Lipinski definition) is 3. The van der Waals surface area contributed by atoms with Gasteiger partial charge in [-0.15, -0.1) is 0 Å². The maximum absolute atomic E-state index is 12.4. The van der Waals surface area contributed by atoms with E-state index in [1.165, 1.54) is 4.90 Å². The largest absolute Gasteiger partial charge is 0.395 e. The normalized spacial score (nSPS) is 27.4. The van der Waals surface area contributed by atoms with Crippen LogP contribution in [0, 0.1) is 11.3 Å². The second-order valence-corrected chi connectivity index (χ2v) is 5.14. The van der Waals surface area contributed by atoms with Gasteiger partial charge in [0.1, 0.15) is 0 Å². The molecule has 1 saturated carbocycles. The molecule has 0 aromatic heterocycles. The number of carbonyl (C=O) groups excluding carboxylic acids is 1. The Morgan fingerprint density at radius 1 is 1.41 bits per heavy atom. The van der Waals surface area contributed by atoms with Crippen molar-refractivity contribution >= 4 is 23.1 Å². The third kappa shape index (κ3) is 2.75. The molecule has 1 aliphatic carbocycles. The molecular formula is C11H20N2O3S. The standard InChI is InChI=1S/C11H20N2O3S/c1-8-6-11(7-8,9(12)17)10(16)13(2-4-14)3-5-15/h8,14-15H,2-7H2,1H3,(H2,12,17). The highest BCUT2D eigenvalue weighted by Gasteiger charge is 2.52. The fraction of sp³-hybridized carbons (Fsp3) is 0.818. The van der Waals surface area contributed by atoms with Crippen molar-refractivity contribution in [2.45, 2.75) is 19.8 Å². The molecule has 1 aliphatic rings. The molecule has 0 atom stereocenters. The predicted molar refractivity (Wildman–Crippen MR) is 68.4 cm³/mol. The molecule has 5 nitrogen and oxygen atoms in total. The minimum absolute atomic E-state index is 0.130. The van der Waals surface area contributed by atoms with E-state index in [-0.39, 0.29) is 37.2 Å². The van der Waals surface area contributed by atoms with Crippen molar-refractivity contribution in [2.75, 3.05) is 26.3 Å². The molecule has 0 aliphatic heterocycles. The average molecular weight is 260 g/mol.